The van der Waals surface area contributed by atoms with Crippen molar-refractivity contribution >= 4 is 28.8 Å². The van der Waals surface area contributed by atoms with E-state index in [0.717, 1.165) is 5.69 Å². The highest BCUT2D eigenvalue weighted by Crippen LogP contribution is 2.49. The number of aliphatic imine (C=N–C) groups is 1. The molecule has 6 nitrogen and oxygen atoms in total. The Balaban J connectivity index is 1.63. The van der Waals surface area contributed by atoms with Crippen molar-refractivity contribution in [1.82, 2.24) is 5.43 Å². The zero-order chi connectivity index (χ0) is 19.5. The lowest BCUT2D eigenvalue weighted by Gasteiger charge is -2.24. The summed E-state index contributed by atoms with van der Waals surface area (Å²) in [5.74, 6) is 0.825. The number of nitrogens with two attached hydrogens (primary N) is 1. The first-order valence-electron chi connectivity index (χ1n) is 9.68. The summed E-state index contributed by atoms with van der Waals surface area (Å²) >= 11 is 6.20. The molecule has 0 aromatic heterocycles. The molecule has 0 bridgehead atoms. The van der Waals surface area contributed by atoms with Crippen LogP contribution in [0.3, 0.4) is 0 Å². The summed E-state index contributed by atoms with van der Waals surface area (Å²) < 4.78 is 0. The van der Waals surface area contributed by atoms with Crippen molar-refractivity contribution in [3.8, 4) is 0 Å². The third kappa shape index (κ3) is 2.34. The van der Waals surface area contributed by atoms with E-state index in [-0.39, 0.29) is 5.84 Å². The molecule has 2 unspecified atom stereocenters. The molecule has 1 fully saturated rings. The molecule has 5 rings (SSSR count). The summed E-state index contributed by atoms with van der Waals surface area (Å²) in [5, 5.41) is 6.07. The summed E-state index contributed by atoms with van der Waals surface area (Å²) in [6.45, 7) is 0. The number of nitroso groups, excluding NO2 is 1. The fourth-order valence-electron chi connectivity index (χ4n) is 5.02. The monoisotopic (exact) mass is 395 g/mol. The molecule has 0 radical (unpaired) electrons. The Bertz CT molecular complexity index is 1000. The predicted octanol–water partition coefficient (Wildman–Crippen LogP) is 4.54. The number of nitrogens with zero attached hydrogens (tertiary/aromatic N) is 3. The second kappa shape index (κ2) is 6.29. The van der Waals surface area contributed by atoms with Crippen molar-refractivity contribution in [3.05, 3.63) is 63.0 Å². The number of hydrazine groups is 1. The molecule has 0 amide bonds. The first-order chi connectivity index (χ1) is 13.5. The molecule has 7 heteroatoms. The molecule has 2 aromatic rings. The second-order valence-corrected chi connectivity index (χ2v) is 8.38. The molecule has 1 saturated carbocycles. The molecule has 3 N–H and O–H groups in total. The summed E-state index contributed by atoms with van der Waals surface area (Å²) in [4.78, 5) is 16.6. The first-order valence-corrected chi connectivity index (χ1v) is 10.1. The molecule has 144 valence electrons. The minimum atomic E-state index is -1.35. The van der Waals surface area contributed by atoms with Crippen LogP contribution >= 0.6 is 11.6 Å². The van der Waals surface area contributed by atoms with Crippen LogP contribution in [0.1, 0.15) is 48.4 Å². The number of hydrogen-bond acceptors (Lipinski definition) is 6. The van der Waals surface area contributed by atoms with E-state index < -0.39 is 5.54 Å². The maximum absolute atomic E-state index is 12.2. The standard InChI is InChI=1S/C21H22ClN5O/c1-27-18-10-13(6-8-15(18)19(25-27)12-4-2-3-5-12)21(26-28)16-11-14(22)7-9-17(16)24-20(21)23/h6-12,19,25H,2-5H2,1H3,(H2,23,24). The Morgan fingerprint density at radius 2 is 2.04 bits per heavy atom. The van der Waals surface area contributed by atoms with E-state index in [1.807, 2.05) is 24.2 Å². The molecule has 2 aliphatic heterocycles. The van der Waals surface area contributed by atoms with Crippen LogP contribution in [-0.4, -0.2) is 12.9 Å². The zero-order valence-electron chi connectivity index (χ0n) is 15.7. The average Bonchev–Trinajstić information content (AvgIpc) is 3.39. The number of nitrogens with one attached hydrogen (secondary N) is 1. The Morgan fingerprint density at radius 1 is 1.25 bits per heavy atom. The summed E-state index contributed by atoms with van der Waals surface area (Å²) in [7, 11) is 2.01. The van der Waals surface area contributed by atoms with E-state index in [9.17, 15) is 4.91 Å². The highest BCUT2D eigenvalue weighted by molar-refractivity contribution is 6.30. The quantitative estimate of drug-likeness (QED) is 0.747. The highest BCUT2D eigenvalue weighted by Gasteiger charge is 2.47. The Labute approximate surface area is 168 Å². The van der Waals surface area contributed by atoms with Crippen molar-refractivity contribution in [2.75, 3.05) is 12.1 Å². The van der Waals surface area contributed by atoms with Crippen LogP contribution in [0.15, 0.2) is 46.6 Å². The van der Waals surface area contributed by atoms with Crippen LogP contribution < -0.4 is 16.2 Å². The maximum atomic E-state index is 12.2. The second-order valence-electron chi connectivity index (χ2n) is 7.94. The molecule has 2 heterocycles. The number of rotatable bonds is 3. The molecule has 3 aliphatic rings. The van der Waals surface area contributed by atoms with E-state index >= 15 is 0 Å². The van der Waals surface area contributed by atoms with Gasteiger partial charge < -0.3 is 10.7 Å². The van der Waals surface area contributed by atoms with Crippen LogP contribution in [0.2, 0.25) is 5.02 Å². The SMILES string of the molecule is CN1NC(C2CCCC2)c2ccc(C3(N=O)C(N)=Nc4ccc(Cl)cc43)cc21. The van der Waals surface area contributed by atoms with E-state index in [2.05, 4.69) is 21.7 Å². The lowest BCUT2D eigenvalue weighted by atomic mass is 9.82. The van der Waals surface area contributed by atoms with Gasteiger partial charge in [0.1, 0.15) is 5.84 Å². The lowest BCUT2D eigenvalue weighted by molar-refractivity contribution is 0.387. The number of fused-ring (bicyclic) bond motifs is 2. The number of anilines is 1. The van der Waals surface area contributed by atoms with Gasteiger partial charge in [-0.2, -0.15) is 0 Å². The Kier molecular flexibility index (Phi) is 3.96. The summed E-state index contributed by atoms with van der Waals surface area (Å²) in [6, 6.07) is 11.6. The van der Waals surface area contributed by atoms with Gasteiger partial charge in [0.25, 0.3) is 0 Å². The molecule has 2 atom stereocenters. The van der Waals surface area contributed by atoms with Gasteiger partial charge in [0.2, 0.25) is 5.54 Å². The Morgan fingerprint density at radius 3 is 2.79 bits per heavy atom. The number of hydrogen-bond donors (Lipinski definition) is 2. The van der Waals surface area contributed by atoms with Gasteiger partial charge in [0.05, 0.1) is 17.4 Å². The van der Waals surface area contributed by atoms with E-state index in [1.165, 1.54) is 31.2 Å². The van der Waals surface area contributed by atoms with Crippen molar-refractivity contribution in [3.63, 3.8) is 0 Å². The number of halogens is 1. The summed E-state index contributed by atoms with van der Waals surface area (Å²) in [5.41, 5.74) is 12.8. The highest BCUT2D eigenvalue weighted by atomic mass is 35.5. The fourth-order valence-corrected chi connectivity index (χ4v) is 5.19. The molecular formula is C21H22ClN5O. The zero-order valence-corrected chi connectivity index (χ0v) is 16.4. The van der Waals surface area contributed by atoms with Gasteiger partial charge in [-0.05, 0) is 59.3 Å². The third-order valence-corrected chi connectivity index (χ3v) is 6.68. The largest absolute Gasteiger partial charge is 0.384 e. The predicted molar refractivity (Wildman–Crippen MR) is 112 cm³/mol. The van der Waals surface area contributed by atoms with Gasteiger partial charge in [0.15, 0.2) is 0 Å². The third-order valence-electron chi connectivity index (χ3n) is 6.45. The fraction of sp³-hybridized carbons (Fsp3) is 0.381. The van der Waals surface area contributed by atoms with Gasteiger partial charge in [-0.1, -0.05) is 36.6 Å². The van der Waals surface area contributed by atoms with Gasteiger partial charge in [-0.15, -0.1) is 4.91 Å². The Hall–Kier alpha value is -2.44. The molecule has 28 heavy (non-hydrogen) atoms. The van der Waals surface area contributed by atoms with Gasteiger partial charge in [0, 0.05) is 17.6 Å². The summed E-state index contributed by atoms with van der Waals surface area (Å²) in [6.07, 6.45) is 5.08. The van der Waals surface area contributed by atoms with Crippen LogP contribution in [0, 0.1) is 10.8 Å². The minimum Gasteiger partial charge on any atom is -0.384 e. The van der Waals surface area contributed by atoms with Crippen LogP contribution in [0.25, 0.3) is 0 Å². The van der Waals surface area contributed by atoms with Gasteiger partial charge >= 0.3 is 0 Å². The number of benzene rings is 2. The normalized spacial score (nSPS) is 26.3. The van der Waals surface area contributed by atoms with Crippen LogP contribution in [-0.2, 0) is 5.54 Å². The van der Waals surface area contributed by atoms with Crippen molar-refractivity contribution in [2.45, 2.75) is 37.3 Å². The average molecular weight is 396 g/mol. The van der Waals surface area contributed by atoms with Crippen molar-refractivity contribution in [1.29, 1.82) is 0 Å². The molecular weight excluding hydrogens is 374 g/mol. The van der Waals surface area contributed by atoms with Crippen LogP contribution in [0.4, 0.5) is 11.4 Å². The maximum Gasteiger partial charge on any atom is 0.211 e. The molecule has 1 aliphatic carbocycles. The lowest BCUT2D eigenvalue weighted by Crippen LogP contribution is -2.38. The molecule has 0 spiro atoms. The van der Waals surface area contributed by atoms with Crippen molar-refractivity contribution in [2.24, 2.45) is 21.8 Å². The van der Waals surface area contributed by atoms with E-state index in [0.29, 0.717) is 33.8 Å². The van der Waals surface area contributed by atoms with Crippen LogP contribution in [0.5, 0.6) is 0 Å². The van der Waals surface area contributed by atoms with E-state index in [1.54, 1.807) is 18.2 Å². The first kappa shape index (κ1) is 17.6. The van der Waals surface area contributed by atoms with E-state index in [4.69, 9.17) is 17.3 Å². The molecule has 0 saturated heterocycles. The molecule has 2 aromatic carbocycles. The number of amidine groups is 1. The van der Waals surface area contributed by atoms with Crippen molar-refractivity contribution < 1.29 is 0 Å². The van der Waals surface area contributed by atoms with Gasteiger partial charge in [-0.25, -0.2) is 10.4 Å². The topological polar surface area (TPSA) is 83.1 Å². The smallest absolute Gasteiger partial charge is 0.211 e. The minimum absolute atomic E-state index is 0.181. The van der Waals surface area contributed by atoms with Gasteiger partial charge in [-0.3, -0.25) is 0 Å².